The molecule has 250 valence electrons. The summed E-state index contributed by atoms with van der Waals surface area (Å²) < 4.78 is 0. The van der Waals surface area contributed by atoms with Crippen molar-refractivity contribution in [3.8, 4) is 62.5 Å². The Bertz CT molecular complexity index is 2500. The van der Waals surface area contributed by atoms with E-state index in [2.05, 4.69) is 97.9 Å². The number of benzene rings is 6. The van der Waals surface area contributed by atoms with Crippen molar-refractivity contribution in [1.82, 2.24) is 15.0 Å². The van der Waals surface area contributed by atoms with Crippen molar-refractivity contribution in [1.29, 1.82) is 5.26 Å². The van der Waals surface area contributed by atoms with E-state index in [1.54, 1.807) is 0 Å². The van der Waals surface area contributed by atoms with Crippen LogP contribution in [0.4, 0.5) is 0 Å². The van der Waals surface area contributed by atoms with Crippen molar-refractivity contribution < 1.29 is 0 Å². The van der Waals surface area contributed by atoms with Gasteiger partial charge in [-0.2, -0.15) is 5.26 Å². The predicted molar refractivity (Wildman–Crippen MR) is 209 cm³/mol. The van der Waals surface area contributed by atoms with Gasteiger partial charge < -0.3 is 0 Å². The van der Waals surface area contributed by atoms with Crippen LogP contribution < -0.4 is 0 Å². The van der Waals surface area contributed by atoms with Gasteiger partial charge in [0.1, 0.15) is 0 Å². The standard InChI is InChI=1S/C48H38N4/c1-48(27-38-25-36-26-39(28-48)44(36)38)43-21-20-40(41-14-8-9-15-42(41)43)35-22-34(31-10-4-2-5-11-31)23-37(24-35)47-51-45(32-12-6-3-7-13-32)50-46(52-47)33-18-16-30(29-49)17-19-33/h2-24,36,38-39,44H,25-28H2,1H3/t36?,38-,39+,44?,48?. The van der Waals surface area contributed by atoms with Gasteiger partial charge in [0.25, 0.3) is 0 Å². The van der Waals surface area contributed by atoms with Crippen LogP contribution in [-0.2, 0) is 5.41 Å². The van der Waals surface area contributed by atoms with Crippen LogP contribution in [0.3, 0.4) is 0 Å². The second kappa shape index (κ2) is 12.1. The highest BCUT2D eigenvalue weighted by Gasteiger charge is 2.59. The fourth-order valence-electron chi connectivity index (χ4n) is 10.00. The first-order valence-corrected chi connectivity index (χ1v) is 18.6. The van der Waals surface area contributed by atoms with E-state index in [1.807, 2.05) is 54.6 Å². The number of nitrogens with zero attached hydrogens (tertiary/aromatic N) is 4. The minimum atomic E-state index is 0.201. The monoisotopic (exact) mass is 670 g/mol. The van der Waals surface area contributed by atoms with Crippen molar-refractivity contribution >= 4 is 10.8 Å². The first-order valence-electron chi connectivity index (χ1n) is 18.6. The molecule has 0 spiro atoms. The van der Waals surface area contributed by atoms with Crippen molar-refractivity contribution in [3.05, 3.63) is 151 Å². The summed E-state index contributed by atoms with van der Waals surface area (Å²) in [6, 6.07) is 50.9. The molecule has 3 aliphatic rings. The molecule has 10 rings (SSSR count). The van der Waals surface area contributed by atoms with E-state index in [0.29, 0.717) is 23.0 Å². The van der Waals surface area contributed by atoms with E-state index < -0.39 is 0 Å². The molecule has 5 atom stereocenters. The van der Waals surface area contributed by atoms with Gasteiger partial charge in [-0.15, -0.1) is 0 Å². The third-order valence-electron chi connectivity index (χ3n) is 12.4. The lowest BCUT2D eigenvalue weighted by Crippen LogP contribution is -2.58. The van der Waals surface area contributed by atoms with Gasteiger partial charge in [0.05, 0.1) is 11.6 Å². The summed E-state index contributed by atoms with van der Waals surface area (Å²) in [7, 11) is 0. The molecule has 52 heavy (non-hydrogen) atoms. The van der Waals surface area contributed by atoms with E-state index >= 15 is 0 Å². The molecule has 3 fully saturated rings. The highest BCUT2D eigenvalue weighted by Crippen LogP contribution is 2.67. The lowest BCUT2D eigenvalue weighted by atomic mass is 9.39. The molecule has 4 nitrogen and oxygen atoms in total. The number of aromatic nitrogens is 3. The van der Waals surface area contributed by atoms with Crippen LogP contribution in [-0.4, -0.2) is 15.0 Å². The van der Waals surface area contributed by atoms with E-state index in [0.717, 1.165) is 57.1 Å². The van der Waals surface area contributed by atoms with E-state index in [4.69, 9.17) is 15.0 Å². The lowest BCUT2D eigenvalue weighted by Gasteiger charge is -2.65. The summed E-state index contributed by atoms with van der Waals surface area (Å²) in [6.45, 7) is 2.54. The highest BCUT2D eigenvalue weighted by molar-refractivity contribution is 6.00. The smallest absolute Gasteiger partial charge is 0.164 e. The topological polar surface area (TPSA) is 62.5 Å². The Hall–Kier alpha value is -5.92. The van der Waals surface area contributed by atoms with Gasteiger partial charge in [0.2, 0.25) is 0 Å². The molecular weight excluding hydrogens is 633 g/mol. The zero-order valence-corrected chi connectivity index (χ0v) is 29.2. The molecule has 1 aromatic heterocycles. The van der Waals surface area contributed by atoms with E-state index in [9.17, 15) is 5.26 Å². The SMILES string of the molecule is CC1(c2ccc(-c3cc(-c4ccccc4)cc(-c4nc(-c5ccccc5)nc(-c5ccc(C#N)cc5)n4)c3)c3ccccc23)C[C@H]2CC3C[C@@H](C1)C32. The number of hydrogen-bond acceptors (Lipinski definition) is 4. The molecule has 3 aliphatic carbocycles. The molecule has 6 aromatic carbocycles. The maximum Gasteiger partial charge on any atom is 0.164 e. The zero-order valence-electron chi connectivity index (χ0n) is 29.2. The zero-order chi connectivity index (χ0) is 34.8. The number of fused-ring (bicyclic) bond motifs is 1. The first-order chi connectivity index (χ1) is 25.5. The average Bonchev–Trinajstić information content (AvgIpc) is 3.19. The molecule has 0 radical (unpaired) electrons. The summed E-state index contributed by atoms with van der Waals surface area (Å²) in [4.78, 5) is 15.1. The molecular formula is C48H38N4. The molecule has 0 N–H and O–H groups in total. The molecule has 3 unspecified atom stereocenters. The molecule has 0 saturated heterocycles. The second-order valence-electron chi connectivity index (χ2n) is 15.5. The van der Waals surface area contributed by atoms with Gasteiger partial charge in [-0.25, -0.2) is 15.0 Å². The van der Waals surface area contributed by atoms with Crippen molar-refractivity contribution in [2.75, 3.05) is 0 Å². The minimum absolute atomic E-state index is 0.201. The molecule has 1 heterocycles. The summed E-state index contributed by atoms with van der Waals surface area (Å²) in [5.74, 6) is 5.63. The van der Waals surface area contributed by atoms with E-state index in [-0.39, 0.29) is 5.41 Å². The molecule has 3 saturated carbocycles. The summed E-state index contributed by atoms with van der Waals surface area (Å²) in [5, 5.41) is 12.1. The fourth-order valence-corrected chi connectivity index (χ4v) is 10.00. The fraction of sp³-hybridized carbons (Fsp3) is 0.208. The van der Waals surface area contributed by atoms with Gasteiger partial charge in [0, 0.05) is 16.7 Å². The number of hydrogen-bond donors (Lipinski definition) is 0. The minimum Gasteiger partial charge on any atom is -0.208 e. The Labute approximate surface area is 304 Å². The van der Waals surface area contributed by atoms with Crippen LogP contribution in [0.2, 0.25) is 0 Å². The van der Waals surface area contributed by atoms with Crippen LogP contribution in [0.25, 0.3) is 67.2 Å². The van der Waals surface area contributed by atoms with Crippen LogP contribution in [0.15, 0.2) is 140 Å². The van der Waals surface area contributed by atoms with Gasteiger partial charge >= 0.3 is 0 Å². The molecule has 0 amide bonds. The predicted octanol–water partition coefficient (Wildman–Crippen LogP) is 11.6. The van der Waals surface area contributed by atoms with Crippen LogP contribution in [0.1, 0.15) is 43.7 Å². The number of nitriles is 1. The Balaban J connectivity index is 1.15. The summed E-state index contributed by atoms with van der Waals surface area (Å²) >= 11 is 0. The van der Waals surface area contributed by atoms with Gasteiger partial charge in [0.15, 0.2) is 17.5 Å². The Morgan fingerprint density at radius 1 is 0.519 bits per heavy atom. The van der Waals surface area contributed by atoms with Crippen molar-refractivity contribution in [2.24, 2.45) is 23.7 Å². The van der Waals surface area contributed by atoms with Crippen molar-refractivity contribution in [2.45, 2.75) is 38.0 Å². The second-order valence-corrected chi connectivity index (χ2v) is 15.5. The maximum atomic E-state index is 9.43. The number of rotatable bonds is 6. The molecule has 0 aliphatic heterocycles. The molecule has 7 aromatic rings. The normalized spacial score (nSPS) is 22.8. The van der Waals surface area contributed by atoms with Crippen LogP contribution >= 0.6 is 0 Å². The average molecular weight is 671 g/mol. The molecule has 4 heteroatoms. The lowest BCUT2D eigenvalue weighted by molar-refractivity contribution is -0.141. The first kappa shape index (κ1) is 30.9. The molecule has 0 bridgehead atoms. The van der Waals surface area contributed by atoms with Gasteiger partial charge in [-0.1, -0.05) is 104 Å². The van der Waals surface area contributed by atoms with Gasteiger partial charge in [-0.3, -0.25) is 0 Å². The van der Waals surface area contributed by atoms with Crippen molar-refractivity contribution in [3.63, 3.8) is 0 Å². The van der Waals surface area contributed by atoms with Crippen LogP contribution in [0.5, 0.6) is 0 Å². The summed E-state index contributed by atoms with van der Waals surface area (Å²) in [6.07, 6.45) is 5.51. The van der Waals surface area contributed by atoms with Gasteiger partial charge in [-0.05, 0) is 136 Å². The maximum absolute atomic E-state index is 9.43. The van der Waals surface area contributed by atoms with E-state index in [1.165, 1.54) is 47.6 Å². The Morgan fingerprint density at radius 2 is 1.06 bits per heavy atom. The third kappa shape index (κ3) is 5.15. The summed E-state index contributed by atoms with van der Waals surface area (Å²) in [5.41, 5.74) is 9.59. The van der Waals surface area contributed by atoms with Crippen LogP contribution in [0, 0.1) is 35.0 Å². The Kier molecular flexibility index (Phi) is 7.18. The Morgan fingerprint density at radius 3 is 1.69 bits per heavy atom. The largest absolute Gasteiger partial charge is 0.208 e. The highest BCUT2D eigenvalue weighted by atomic mass is 15.0. The quantitative estimate of drug-likeness (QED) is 0.177. The third-order valence-corrected chi connectivity index (χ3v) is 12.4.